The molecule has 3 aromatic rings. The summed E-state index contributed by atoms with van der Waals surface area (Å²) in [4.78, 5) is 4.14. The largest absolute Gasteiger partial charge is 0.383 e. The number of aliphatic hydroxyl groups excluding tert-OH is 1. The van der Waals surface area contributed by atoms with Crippen LogP contribution in [0.4, 0.5) is 0 Å². The first-order valence-corrected chi connectivity index (χ1v) is 9.45. The Morgan fingerprint density at radius 2 is 1.85 bits per heavy atom. The molecule has 2 aromatic heterocycles. The van der Waals surface area contributed by atoms with Crippen LogP contribution < -0.4 is 0 Å². The van der Waals surface area contributed by atoms with Crippen molar-refractivity contribution >= 4 is 11.6 Å². The molecular weight excluding hydrogens is 348 g/mol. The minimum absolute atomic E-state index is 0.329. The molecule has 5 heteroatoms. The second kappa shape index (κ2) is 7.60. The Kier molecular flexibility index (Phi) is 5.05. The summed E-state index contributed by atoms with van der Waals surface area (Å²) >= 11 is 6.02. The van der Waals surface area contributed by atoms with Crippen LogP contribution in [0.15, 0.2) is 53.3 Å². The van der Waals surface area contributed by atoms with Crippen molar-refractivity contribution in [1.29, 1.82) is 0 Å². The van der Waals surface area contributed by atoms with Gasteiger partial charge in [0.05, 0.1) is 11.3 Å². The molecule has 1 atom stereocenters. The lowest BCUT2D eigenvalue weighted by molar-refractivity contribution is 0.217. The SMILES string of the molecule is OC(c1cccnc1)c1c(C2CCCCC2)noc1-c1ccc(Cl)cc1. The number of benzene rings is 1. The van der Waals surface area contributed by atoms with Crippen molar-refractivity contribution in [3.63, 3.8) is 0 Å². The van der Waals surface area contributed by atoms with Gasteiger partial charge in [-0.25, -0.2) is 0 Å². The molecule has 0 radical (unpaired) electrons. The van der Waals surface area contributed by atoms with Crippen LogP contribution in [0.1, 0.15) is 60.9 Å². The highest BCUT2D eigenvalue weighted by Gasteiger charge is 2.30. The topological polar surface area (TPSA) is 59.2 Å². The van der Waals surface area contributed by atoms with Crippen LogP contribution in [0.2, 0.25) is 5.02 Å². The van der Waals surface area contributed by atoms with Crippen molar-refractivity contribution in [1.82, 2.24) is 10.1 Å². The molecule has 0 spiro atoms. The van der Waals surface area contributed by atoms with Crippen LogP contribution in [0.5, 0.6) is 0 Å². The smallest absolute Gasteiger partial charge is 0.173 e. The normalized spacial score (nSPS) is 16.5. The van der Waals surface area contributed by atoms with Gasteiger partial charge in [-0.2, -0.15) is 0 Å². The van der Waals surface area contributed by atoms with E-state index in [-0.39, 0.29) is 0 Å². The van der Waals surface area contributed by atoms with Crippen LogP contribution >= 0.6 is 11.6 Å². The Hall–Kier alpha value is -2.17. The minimum Gasteiger partial charge on any atom is -0.383 e. The summed E-state index contributed by atoms with van der Waals surface area (Å²) in [5, 5.41) is 16.2. The van der Waals surface area contributed by atoms with Gasteiger partial charge < -0.3 is 9.63 Å². The summed E-state index contributed by atoms with van der Waals surface area (Å²) in [6, 6.07) is 11.1. The molecule has 134 valence electrons. The Labute approximate surface area is 157 Å². The molecule has 0 aliphatic heterocycles. The Balaban J connectivity index is 1.81. The van der Waals surface area contributed by atoms with Gasteiger partial charge >= 0.3 is 0 Å². The maximum atomic E-state index is 11.1. The fourth-order valence-electron chi connectivity index (χ4n) is 3.76. The molecule has 1 N–H and O–H groups in total. The molecule has 0 saturated heterocycles. The molecule has 1 saturated carbocycles. The van der Waals surface area contributed by atoms with Crippen molar-refractivity contribution in [2.45, 2.75) is 44.1 Å². The number of rotatable bonds is 4. The van der Waals surface area contributed by atoms with Gasteiger partial charge in [-0.1, -0.05) is 42.1 Å². The predicted molar refractivity (Wildman–Crippen MR) is 101 cm³/mol. The third kappa shape index (κ3) is 3.39. The average Bonchev–Trinajstić information content (AvgIpc) is 3.14. The molecule has 0 amide bonds. The first-order valence-electron chi connectivity index (χ1n) is 9.07. The second-order valence-electron chi connectivity index (χ2n) is 6.84. The van der Waals surface area contributed by atoms with Gasteiger partial charge in [-0.3, -0.25) is 4.98 Å². The van der Waals surface area contributed by atoms with Crippen molar-refractivity contribution in [3.8, 4) is 11.3 Å². The molecule has 0 bridgehead atoms. The third-order valence-corrected chi connectivity index (χ3v) is 5.38. The highest BCUT2D eigenvalue weighted by atomic mass is 35.5. The molecule has 26 heavy (non-hydrogen) atoms. The first-order chi connectivity index (χ1) is 12.7. The molecule has 4 rings (SSSR count). The maximum absolute atomic E-state index is 11.1. The number of aromatic nitrogens is 2. The zero-order valence-corrected chi connectivity index (χ0v) is 15.2. The monoisotopic (exact) mass is 368 g/mol. The van der Waals surface area contributed by atoms with Gasteiger partial charge in [0.2, 0.25) is 0 Å². The highest BCUT2D eigenvalue weighted by molar-refractivity contribution is 6.30. The van der Waals surface area contributed by atoms with Gasteiger partial charge in [0.25, 0.3) is 0 Å². The summed E-state index contributed by atoms with van der Waals surface area (Å²) in [6.45, 7) is 0. The molecule has 4 nitrogen and oxygen atoms in total. The van der Waals surface area contributed by atoms with E-state index in [9.17, 15) is 5.11 Å². The number of aliphatic hydroxyl groups is 1. The maximum Gasteiger partial charge on any atom is 0.173 e. The molecular formula is C21H21ClN2O2. The number of hydrogen-bond donors (Lipinski definition) is 1. The summed E-state index contributed by atoms with van der Waals surface area (Å²) in [7, 11) is 0. The standard InChI is InChI=1S/C21H21ClN2O2/c22-17-10-8-15(9-11-17)21-18(20(25)16-7-4-12-23-13-16)19(24-26-21)14-5-2-1-3-6-14/h4,7-14,20,25H,1-3,5-6H2. The lowest BCUT2D eigenvalue weighted by Crippen LogP contribution is -2.10. The summed E-state index contributed by atoms with van der Waals surface area (Å²) in [5.74, 6) is 0.938. The minimum atomic E-state index is -0.822. The van der Waals surface area contributed by atoms with E-state index in [1.807, 2.05) is 36.4 Å². The van der Waals surface area contributed by atoms with Crippen LogP contribution in [0.25, 0.3) is 11.3 Å². The average molecular weight is 369 g/mol. The van der Waals surface area contributed by atoms with Gasteiger partial charge in [0.15, 0.2) is 5.76 Å². The van der Waals surface area contributed by atoms with Crippen LogP contribution in [0, 0.1) is 0 Å². The third-order valence-electron chi connectivity index (χ3n) is 5.13. The fraction of sp³-hybridized carbons (Fsp3) is 0.333. The van der Waals surface area contributed by atoms with E-state index in [2.05, 4.69) is 10.1 Å². The summed E-state index contributed by atoms with van der Waals surface area (Å²) in [5.41, 5.74) is 3.24. The van der Waals surface area contributed by atoms with E-state index >= 15 is 0 Å². The predicted octanol–water partition coefficient (Wildman–Crippen LogP) is 5.52. The van der Waals surface area contributed by atoms with E-state index < -0.39 is 6.10 Å². The van der Waals surface area contributed by atoms with E-state index in [0.717, 1.165) is 35.2 Å². The van der Waals surface area contributed by atoms with Crippen LogP contribution in [0.3, 0.4) is 0 Å². The van der Waals surface area contributed by atoms with Crippen LogP contribution in [-0.4, -0.2) is 15.2 Å². The van der Waals surface area contributed by atoms with Gasteiger partial charge in [-0.05, 0) is 43.2 Å². The van der Waals surface area contributed by atoms with E-state index in [1.165, 1.54) is 19.3 Å². The van der Waals surface area contributed by atoms with Crippen molar-refractivity contribution in [2.75, 3.05) is 0 Å². The number of nitrogens with zero attached hydrogens (tertiary/aromatic N) is 2. The number of halogens is 1. The molecule has 1 aliphatic rings. The lowest BCUT2D eigenvalue weighted by atomic mass is 9.83. The number of hydrogen-bond acceptors (Lipinski definition) is 4. The van der Waals surface area contributed by atoms with Crippen molar-refractivity contribution < 1.29 is 9.63 Å². The zero-order valence-electron chi connectivity index (χ0n) is 14.4. The number of pyridine rings is 1. The Bertz CT molecular complexity index is 855. The molecule has 1 fully saturated rings. The molecule has 2 heterocycles. The highest BCUT2D eigenvalue weighted by Crippen LogP contribution is 2.41. The summed E-state index contributed by atoms with van der Waals surface area (Å²) in [6.07, 6.45) is 8.38. The molecule has 1 aromatic carbocycles. The Morgan fingerprint density at radius 1 is 1.08 bits per heavy atom. The lowest BCUT2D eigenvalue weighted by Gasteiger charge is -2.22. The molecule has 1 unspecified atom stereocenters. The first kappa shape index (κ1) is 17.3. The van der Waals surface area contributed by atoms with E-state index in [4.69, 9.17) is 16.1 Å². The zero-order chi connectivity index (χ0) is 17.9. The van der Waals surface area contributed by atoms with Gasteiger partial charge in [-0.15, -0.1) is 0 Å². The van der Waals surface area contributed by atoms with Crippen molar-refractivity contribution in [2.24, 2.45) is 0 Å². The van der Waals surface area contributed by atoms with Crippen molar-refractivity contribution in [3.05, 3.63) is 70.6 Å². The second-order valence-corrected chi connectivity index (χ2v) is 7.28. The Morgan fingerprint density at radius 3 is 2.54 bits per heavy atom. The van der Waals surface area contributed by atoms with Crippen LogP contribution in [-0.2, 0) is 0 Å². The molecule has 1 aliphatic carbocycles. The fourth-order valence-corrected chi connectivity index (χ4v) is 3.88. The van der Waals surface area contributed by atoms with E-state index in [0.29, 0.717) is 16.7 Å². The summed E-state index contributed by atoms with van der Waals surface area (Å²) < 4.78 is 5.74. The van der Waals surface area contributed by atoms with E-state index in [1.54, 1.807) is 12.4 Å². The van der Waals surface area contributed by atoms with Gasteiger partial charge in [0.1, 0.15) is 6.10 Å². The quantitative estimate of drug-likeness (QED) is 0.658. The van der Waals surface area contributed by atoms with Gasteiger partial charge in [0, 0.05) is 34.5 Å².